The second-order valence-electron chi connectivity index (χ2n) is 19.2. The number of hydrogen-bond donors (Lipinski definition) is 4. The maximum Gasteiger partial charge on any atom is 0.143 e. The molecule has 0 fully saturated rings. The normalized spacial score (nSPS) is 12.9. The molecule has 2 aliphatic rings. The van der Waals surface area contributed by atoms with E-state index in [1.54, 1.807) is 14.2 Å². The van der Waals surface area contributed by atoms with E-state index in [4.69, 9.17) is 24.2 Å². The number of aliphatic hydroxyl groups is 1. The molecule has 3 aromatic carbocycles. The summed E-state index contributed by atoms with van der Waals surface area (Å²) in [7, 11) is 3.39. The number of benzene rings is 3. The van der Waals surface area contributed by atoms with Crippen LogP contribution in [0.3, 0.4) is 0 Å². The first-order valence-electron chi connectivity index (χ1n) is 26.0. The van der Waals surface area contributed by atoms with Crippen LogP contribution in [0.25, 0.3) is 55.4 Å². The molecule has 0 radical (unpaired) electrons. The van der Waals surface area contributed by atoms with Crippen molar-refractivity contribution in [3.05, 3.63) is 176 Å². The maximum atomic E-state index is 10.0. The van der Waals surface area contributed by atoms with E-state index in [9.17, 15) is 5.11 Å². The summed E-state index contributed by atoms with van der Waals surface area (Å²) in [6.45, 7) is 18.4. The van der Waals surface area contributed by atoms with Gasteiger partial charge in [0.1, 0.15) is 17.1 Å². The largest absolute Gasteiger partial charge is 0.497 e. The van der Waals surface area contributed by atoms with Crippen LogP contribution in [-0.2, 0) is 36.0 Å². The first-order chi connectivity index (χ1) is 35.0. The summed E-state index contributed by atoms with van der Waals surface area (Å²) in [5.41, 5.74) is 24.7. The molecule has 4 N–H and O–H groups in total. The number of rotatable bonds is 17. The molecule has 0 amide bonds. The van der Waals surface area contributed by atoms with Crippen LogP contribution in [0.1, 0.15) is 140 Å². The number of aryl methyl sites for hydroxylation is 6. The van der Waals surface area contributed by atoms with Gasteiger partial charge in [0.25, 0.3) is 0 Å². The van der Waals surface area contributed by atoms with Gasteiger partial charge in [-0.05, 0) is 200 Å². The molecule has 0 saturated heterocycles. The molecule has 0 spiro atoms. The summed E-state index contributed by atoms with van der Waals surface area (Å²) >= 11 is 0. The number of aromatic amines is 3. The Bertz CT molecular complexity index is 3340. The summed E-state index contributed by atoms with van der Waals surface area (Å²) in [6.07, 6.45) is 6.44. The van der Waals surface area contributed by atoms with E-state index in [0.29, 0.717) is 13.0 Å². The van der Waals surface area contributed by atoms with Crippen molar-refractivity contribution in [1.29, 1.82) is 0 Å². The average molecular weight is 962 g/mol. The van der Waals surface area contributed by atoms with Crippen LogP contribution in [0.15, 0.2) is 103 Å². The summed E-state index contributed by atoms with van der Waals surface area (Å²) in [5.74, 6) is 1.57. The van der Waals surface area contributed by atoms with Crippen LogP contribution >= 0.6 is 0 Å². The Balaban J connectivity index is 1.25. The van der Waals surface area contributed by atoms with Gasteiger partial charge in [-0.2, -0.15) is 0 Å². The van der Waals surface area contributed by atoms with Gasteiger partial charge >= 0.3 is 0 Å². The Morgan fingerprint density at radius 2 is 0.903 bits per heavy atom. The highest BCUT2D eigenvalue weighted by atomic mass is 16.5. The zero-order chi connectivity index (χ0) is 50.7. The maximum absolute atomic E-state index is 10.0. The molecule has 0 unspecified atom stereocenters. The van der Waals surface area contributed by atoms with Gasteiger partial charge in [-0.15, -0.1) is 0 Å². The zero-order valence-electron chi connectivity index (χ0n) is 44.0. The number of fused-ring (bicyclic) bond motifs is 11. The Morgan fingerprint density at radius 1 is 0.486 bits per heavy atom. The van der Waals surface area contributed by atoms with Gasteiger partial charge in [-0.25, -0.2) is 9.97 Å². The van der Waals surface area contributed by atoms with Crippen molar-refractivity contribution in [2.24, 2.45) is 0 Å². The van der Waals surface area contributed by atoms with E-state index in [-0.39, 0.29) is 6.61 Å². The summed E-state index contributed by atoms with van der Waals surface area (Å²) < 4.78 is 18.6. The predicted molar refractivity (Wildman–Crippen MR) is 297 cm³/mol. The van der Waals surface area contributed by atoms with E-state index in [1.165, 1.54) is 55.7 Å². The Kier molecular flexibility index (Phi) is 14.9. The molecule has 9 rings (SSSR count). The lowest BCUT2D eigenvalue weighted by Gasteiger charge is -2.36. The summed E-state index contributed by atoms with van der Waals surface area (Å²) in [5, 5.41) is 10.0. The highest BCUT2D eigenvalue weighted by molar-refractivity contribution is 5.99. The fraction of sp³-hybridized carbons (Fsp3) is 0.333. The first-order valence-corrected chi connectivity index (χ1v) is 26.0. The molecule has 4 aromatic heterocycles. The van der Waals surface area contributed by atoms with Crippen LogP contribution in [0, 0.1) is 13.8 Å². The summed E-state index contributed by atoms with van der Waals surface area (Å²) in [6, 6.07) is 36.1. The minimum Gasteiger partial charge on any atom is -0.497 e. The van der Waals surface area contributed by atoms with Crippen LogP contribution in [0.4, 0.5) is 0 Å². The van der Waals surface area contributed by atoms with Crippen LogP contribution in [-0.4, -0.2) is 57.5 Å². The Labute approximate surface area is 425 Å². The van der Waals surface area contributed by atoms with Gasteiger partial charge in [0.05, 0.1) is 37.0 Å². The number of hydrogen-bond acceptors (Lipinski definition) is 6. The van der Waals surface area contributed by atoms with E-state index in [0.717, 1.165) is 129 Å². The summed E-state index contributed by atoms with van der Waals surface area (Å²) in [4.78, 5) is 22.6. The minimum absolute atomic E-state index is 0.133. The molecule has 0 saturated carbocycles. The molecule has 72 heavy (non-hydrogen) atoms. The smallest absolute Gasteiger partial charge is 0.143 e. The van der Waals surface area contributed by atoms with E-state index < -0.39 is 5.60 Å². The molecule has 9 heteroatoms. The number of H-pyrrole nitrogens is 3. The number of methoxy groups -OCH3 is 2. The molecule has 6 heterocycles. The van der Waals surface area contributed by atoms with Gasteiger partial charge in [0.2, 0.25) is 0 Å². The minimum atomic E-state index is -0.914. The highest BCUT2D eigenvalue weighted by Crippen LogP contribution is 2.43. The van der Waals surface area contributed by atoms with Crippen molar-refractivity contribution >= 4 is 55.4 Å². The van der Waals surface area contributed by atoms with Crippen molar-refractivity contribution in [1.82, 2.24) is 24.9 Å². The molecular formula is C63H71N5O4. The predicted octanol–water partition coefficient (Wildman–Crippen LogP) is 14.7. The highest BCUT2D eigenvalue weighted by Gasteiger charge is 2.38. The molecular weight excluding hydrogens is 891 g/mol. The topological polar surface area (TPSA) is 121 Å². The first kappa shape index (κ1) is 50.0. The SMILES string of the molecule is CCC1=C(C)c2nc1cc1[nH]c(cc3[nH]c(cc4[nH]c(cc5nc2C(C)=C5CC)c(C)c4CCCOC(c2ccccc2)(c2ccc(OC)cc2)c2ccc(OC)cc2)c(CC)c3CC)c(CCCO)c1C. The zero-order valence-corrected chi connectivity index (χ0v) is 44.0. The second-order valence-corrected chi connectivity index (χ2v) is 19.2. The third-order valence-corrected chi connectivity index (χ3v) is 15.3. The lowest BCUT2D eigenvalue weighted by Crippen LogP contribution is -2.33. The number of nitrogens with zero attached hydrogens (tertiary/aromatic N) is 2. The number of allylic oxidation sites excluding steroid dienone is 4. The molecule has 10 bridgehead atoms. The standard InChI is InChI=1S/C63H71N5O4/c1-11-47-40(7)61-62-41(8)48(12-2)56(68-62)35-54-39(6)52(23-19-33-72-63(42-20-16-15-17-21-42,43-24-28-45(70-9)29-25-43)44-26-30-46(71-10)31-27-44)60(65-54)37-58-50(14-4)49(13-3)57(66-58)36-59-51(22-18-32-69)38(5)53(64-59)34-55(47)67-61/h15-17,20-21,24-31,34-37,64-66,69H,11-14,18-19,22-23,32-33H2,1-10H3. The van der Waals surface area contributed by atoms with Crippen molar-refractivity contribution in [3.8, 4) is 11.5 Å². The molecule has 0 aliphatic carbocycles. The van der Waals surface area contributed by atoms with Gasteiger partial charge in [0, 0.05) is 46.3 Å². The van der Waals surface area contributed by atoms with Crippen LogP contribution in [0.5, 0.6) is 11.5 Å². The van der Waals surface area contributed by atoms with Crippen molar-refractivity contribution in [2.45, 2.75) is 112 Å². The van der Waals surface area contributed by atoms with Gasteiger partial charge in [-0.3, -0.25) is 0 Å². The third-order valence-electron chi connectivity index (χ3n) is 15.3. The Hall–Kier alpha value is -6.94. The number of nitrogens with one attached hydrogen (secondary N) is 3. The van der Waals surface area contributed by atoms with Crippen LogP contribution in [0.2, 0.25) is 0 Å². The van der Waals surface area contributed by atoms with Crippen molar-refractivity contribution < 1.29 is 19.3 Å². The number of ether oxygens (including phenoxy) is 3. The molecule has 9 nitrogen and oxygen atoms in total. The van der Waals surface area contributed by atoms with Gasteiger partial charge < -0.3 is 34.3 Å². The van der Waals surface area contributed by atoms with E-state index in [1.807, 2.05) is 30.3 Å². The second kappa shape index (κ2) is 21.4. The van der Waals surface area contributed by atoms with Gasteiger partial charge in [0.15, 0.2) is 0 Å². The molecule has 0 atom stereocenters. The fourth-order valence-electron chi connectivity index (χ4n) is 11.4. The van der Waals surface area contributed by atoms with Gasteiger partial charge in [-0.1, -0.05) is 82.3 Å². The molecule has 7 aromatic rings. The average Bonchev–Trinajstić information content (AvgIpc) is 4.17. The quantitative estimate of drug-likeness (QED) is 0.0533. The Morgan fingerprint density at radius 3 is 1.32 bits per heavy atom. The monoisotopic (exact) mass is 962 g/mol. The fourth-order valence-corrected chi connectivity index (χ4v) is 11.4. The number of aromatic nitrogens is 5. The van der Waals surface area contributed by atoms with Crippen molar-refractivity contribution in [2.75, 3.05) is 27.4 Å². The molecule has 372 valence electrons. The number of aliphatic hydroxyl groups excluding tert-OH is 1. The van der Waals surface area contributed by atoms with E-state index >= 15 is 0 Å². The van der Waals surface area contributed by atoms with Crippen molar-refractivity contribution in [3.63, 3.8) is 0 Å². The third kappa shape index (κ3) is 9.13. The van der Waals surface area contributed by atoms with E-state index in [2.05, 4.69) is 143 Å². The lowest BCUT2D eigenvalue weighted by atomic mass is 9.80. The molecule has 2 aliphatic heterocycles. The lowest BCUT2D eigenvalue weighted by molar-refractivity contribution is 0.0116. The van der Waals surface area contributed by atoms with Crippen LogP contribution < -0.4 is 9.47 Å².